The lowest BCUT2D eigenvalue weighted by atomic mass is 10.3. The zero-order chi connectivity index (χ0) is 12.8. The van der Waals surface area contributed by atoms with Gasteiger partial charge in [-0.3, -0.25) is 0 Å². The van der Waals surface area contributed by atoms with Gasteiger partial charge in [0.1, 0.15) is 5.02 Å². The summed E-state index contributed by atoms with van der Waals surface area (Å²) in [5.41, 5.74) is 0. The van der Waals surface area contributed by atoms with Crippen LogP contribution in [0.5, 0.6) is 5.75 Å². The number of carbonyl (C=O) groups excluding carboxylic acids is 1. The van der Waals surface area contributed by atoms with Gasteiger partial charge in [0.25, 0.3) is 0 Å². The Morgan fingerprint density at radius 2 is 2.06 bits per heavy atom. The molecule has 0 aromatic heterocycles. The fourth-order valence-corrected chi connectivity index (χ4v) is 1.63. The van der Waals surface area contributed by atoms with Crippen molar-refractivity contribution in [1.29, 1.82) is 0 Å². The monoisotopic (exact) mass is 404 g/mol. The summed E-state index contributed by atoms with van der Waals surface area (Å²) in [5, 5.41) is 0.580. The Morgan fingerprint density at radius 1 is 1.35 bits per heavy atom. The molecule has 7 heteroatoms. The van der Waals surface area contributed by atoms with Gasteiger partial charge in [0, 0.05) is 33.7 Å². The number of hydrogen-bond donors (Lipinski definition) is 0. The summed E-state index contributed by atoms with van der Waals surface area (Å²) in [6.07, 6.45) is -0.926. The molecule has 0 radical (unpaired) electrons. The predicted molar refractivity (Wildman–Crippen MR) is 75.2 cm³/mol. The van der Waals surface area contributed by atoms with Crippen LogP contribution in [0.4, 0.5) is 4.79 Å². The van der Waals surface area contributed by atoms with Crippen molar-refractivity contribution >= 4 is 63.5 Å². The van der Waals surface area contributed by atoms with Gasteiger partial charge in [0.05, 0.1) is 5.02 Å². The maximum absolute atomic E-state index is 11.2. The summed E-state index contributed by atoms with van der Waals surface area (Å²) >= 11 is 19.1. The molecule has 0 unspecified atom stereocenters. The first-order valence-corrected chi connectivity index (χ1v) is 6.33. The highest BCUT2D eigenvalue weighted by molar-refractivity contribution is 14.1. The van der Waals surface area contributed by atoms with E-state index in [0.29, 0.717) is 5.02 Å². The van der Waals surface area contributed by atoms with E-state index in [0.717, 1.165) is 0 Å². The summed E-state index contributed by atoms with van der Waals surface area (Å²) in [6.45, 7) is -0.0618. The average Bonchev–Trinajstić information content (AvgIpc) is 2.25. The zero-order valence-corrected chi connectivity index (χ0v) is 12.5. The first kappa shape index (κ1) is 14.7. The summed E-state index contributed by atoms with van der Waals surface area (Å²) in [7, 11) is 0. The SMILES string of the molecule is O=C(OCC#CI)Oc1cc(Cl)cc(Cl)c1Cl. The molecule has 0 aliphatic heterocycles. The van der Waals surface area contributed by atoms with Crippen molar-refractivity contribution < 1.29 is 14.3 Å². The second kappa shape index (κ2) is 7.17. The van der Waals surface area contributed by atoms with Crippen molar-refractivity contribution in [3.05, 3.63) is 27.2 Å². The van der Waals surface area contributed by atoms with Crippen LogP contribution in [0.15, 0.2) is 12.1 Å². The lowest BCUT2D eigenvalue weighted by Crippen LogP contribution is -2.11. The molecule has 0 aliphatic rings. The van der Waals surface area contributed by atoms with Gasteiger partial charge < -0.3 is 9.47 Å². The molecule has 0 saturated heterocycles. The first-order valence-electron chi connectivity index (χ1n) is 4.12. The van der Waals surface area contributed by atoms with E-state index in [-0.39, 0.29) is 22.4 Å². The highest BCUT2D eigenvalue weighted by atomic mass is 127. The van der Waals surface area contributed by atoms with Crippen molar-refractivity contribution in [2.75, 3.05) is 6.61 Å². The van der Waals surface area contributed by atoms with E-state index in [2.05, 4.69) is 14.6 Å². The van der Waals surface area contributed by atoms with Crippen molar-refractivity contribution in [1.82, 2.24) is 0 Å². The highest BCUT2D eigenvalue weighted by Crippen LogP contribution is 2.35. The lowest BCUT2D eigenvalue weighted by Gasteiger charge is -2.07. The Morgan fingerprint density at radius 3 is 2.71 bits per heavy atom. The second-order valence-corrected chi connectivity index (χ2v) is 4.37. The van der Waals surface area contributed by atoms with Gasteiger partial charge in [0.2, 0.25) is 0 Å². The zero-order valence-electron chi connectivity index (χ0n) is 8.10. The standard InChI is InChI=1S/C10H4Cl3IO3/c11-6-4-7(12)9(13)8(5-6)17-10(15)16-3-1-2-14/h4-5H,3H2. The molecule has 0 atom stereocenters. The third-order valence-corrected chi connectivity index (χ3v) is 2.87. The van der Waals surface area contributed by atoms with Gasteiger partial charge in [-0.15, -0.1) is 0 Å². The third kappa shape index (κ3) is 4.80. The summed E-state index contributed by atoms with van der Waals surface area (Å²) in [4.78, 5) is 11.2. The minimum atomic E-state index is -0.926. The number of ether oxygens (including phenoxy) is 2. The molecule has 1 aromatic carbocycles. The van der Waals surface area contributed by atoms with Gasteiger partial charge in [-0.2, -0.15) is 0 Å². The fourth-order valence-electron chi connectivity index (χ4n) is 0.848. The molecule has 0 bridgehead atoms. The number of halogens is 4. The van der Waals surface area contributed by atoms with Crippen LogP contribution < -0.4 is 4.74 Å². The summed E-state index contributed by atoms with van der Waals surface area (Å²) in [6, 6.07) is 2.80. The molecule has 1 aromatic rings. The molecule has 3 nitrogen and oxygen atoms in total. The van der Waals surface area contributed by atoms with Crippen LogP contribution in [0, 0.1) is 9.85 Å². The molecular weight excluding hydrogens is 401 g/mol. The Bertz CT molecular complexity index is 494. The van der Waals surface area contributed by atoms with Crippen LogP contribution in [0.25, 0.3) is 0 Å². The highest BCUT2D eigenvalue weighted by Gasteiger charge is 2.13. The molecule has 17 heavy (non-hydrogen) atoms. The Labute approximate surface area is 126 Å². The van der Waals surface area contributed by atoms with E-state index in [4.69, 9.17) is 39.5 Å². The molecule has 1 rings (SSSR count). The minimum Gasteiger partial charge on any atom is -0.421 e. The third-order valence-electron chi connectivity index (χ3n) is 1.48. The van der Waals surface area contributed by atoms with Crippen LogP contribution in [0.1, 0.15) is 0 Å². The smallest absolute Gasteiger partial charge is 0.421 e. The molecule has 90 valence electrons. The quantitative estimate of drug-likeness (QED) is 0.238. The molecular formula is C10H4Cl3IO3. The van der Waals surface area contributed by atoms with Crippen LogP contribution in [-0.2, 0) is 4.74 Å². The molecule has 0 N–H and O–H groups in total. The maximum Gasteiger partial charge on any atom is 0.514 e. The molecule has 0 heterocycles. The lowest BCUT2D eigenvalue weighted by molar-refractivity contribution is 0.111. The van der Waals surface area contributed by atoms with E-state index >= 15 is 0 Å². The topological polar surface area (TPSA) is 35.5 Å². The van der Waals surface area contributed by atoms with Crippen molar-refractivity contribution in [2.45, 2.75) is 0 Å². The second-order valence-electron chi connectivity index (χ2n) is 2.61. The normalized spacial score (nSPS) is 9.18. The number of hydrogen-bond acceptors (Lipinski definition) is 3. The van der Waals surface area contributed by atoms with E-state index in [9.17, 15) is 4.79 Å². The van der Waals surface area contributed by atoms with E-state index in [1.54, 1.807) is 0 Å². The van der Waals surface area contributed by atoms with Crippen molar-refractivity contribution in [3.8, 4) is 15.6 Å². The van der Waals surface area contributed by atoms with E-state index in [1.807, 2.05) is 22.6 Å². The van der Waals surface area contributed by atoms with Crippen molar-refractivity contribution in [3.63, 3.8) is 0 Å². The van der Waals surface area contributed by atoms with Crippen LogP contribution in [0.2, 0.25) is 15.1 Å². The molecule has 0 spiro atoms. The van der Waals surface area contributed by atoms with Crippen LogP contribution in [-0.4, -0.2) is 12.8 Å². The molecule has 0 aliphatic carbocycles. The number of rotatable bonds is 2. The molecule has 0 fully saturated rings. The van der Waals surface area contributed by atoms with Gasteiger partial charge in [-0.1, -0.05) is 40.7 Å². The van der Waals surface area contributed by atoms with Crippen molar-refractivity contribution in [2.24, 2.45) is 0 Å². The van der Waals surface area contributed by atoms with Gasteiger partial charge in [-0.05, 0) is 9.99 Å². The Balaban J connectivity index is 2.73. The average molecular weight is 405 g/mol. The fraction of sp³-hybridized carbons (Fsp3) is 0.100. The maximum atomic E-state index is 11.2. The molecule has 0 amide bonds. The number of benzene rings is 1. The van der Waals surface area contributed by atoms with E-state index in [1.165, 1.54) is 12.1 Å². The largest absolute Gasteiger partial charge is 0.514 e. The number of carbonyl (C=O) groups is 1. The Hall–Kier alpha value is -0.350. The van der Waals surface area contributed by atoms with E-state index < -0.39 is 6.16 Å². The van der Waals surface area contributed by atoms with Gasteiger partial charge >= 0.3 is 6.16 Å². The predicted octanol–water partition coefficient (Wildman–Crippen LogP) is 4.56. The van der Waals surface area contributed by atoms with Gasteiger partial charge in [0.15, 0.2) is 12.4 Å². The summed E-state index contributed by atoms with van der Waals surface area (Å²) < 4.78 is 12.0. The molecule has 0 saturated carbocycles. The Kier molecular flexibility index (Phi) is 6.20. The first-order chi connectivity index (χ1) is 8.04. The summed E-state index contributed by atoms with van der Waals surface area (Å²) in [5.74, 6) is 2.57. The van der Waals surface area contributed by atoms with Crippen LogP contribution in [0.3, 0.4) is 0 Å². The van der Waals surface area contributed by atoms with Crippen LogP contribution >= 0.6 is 57.4 Å². The van der Waals surface area contributed by atoms with Gasteiger partial charge in [-0.25, -0.2) is 4.79 Å². The minimum absolute atomic E-state index is 0.0385.